The largest absolute Gasteiger partial charge is 0.292 e. The van der Waals surface area contributed by atoms with Crippen LogP contribution < -0.4 is 5.32 Å². The molecule has 12 heteroatoms. The highest BCUT2D eigenvalue weighted by atomic mass is 32.1. The van der Waals surface area contributed by atoms with Gasteiger partial charge in [0.1, 0.15) is 12.1 Å². The molecule has 1 aromatic carbocycles. The number of nitrogens with zero attached hydrogens (tertiary/aromatic N) is 5. The minimum absolute atomic E-state index is 0.0394. The third kappa shape index (κ3) is 2.62. The number of rotatable bonds is 4. The number of hydrogen-bond donors (Lipinski definition) is 1. The van der Waals surface area contributed by atoms with E-state index in [9.17, 15) is 24.5 Å². The molecule has 1 N–H and O–H groups in total. The first-order valence-electron chi connectivity index (χ1n) is 7.61. The Balaban J connectivity index is 1.55. The number of aryl methyl sites for hydroxylation is 1. The fourth-order valence-electron chi connectivity index (χ4n) is 2.76. The molecule has 0 fully saturated rings. The number of imide groups is 1. The lowest BCUT2D eigenvalue weighted by atomic mass is 10.1. The monoisotopic (exact) mass is 386 g/mol. The van der Waals surface area contributed by atoms with Crippen molar-refractivity contribution in [2.24, 2.45) is 0 Å². The van der Waals surface area contributed by atoms with E-state index in [0.717, 1.165) is 11.8 Å². The van der Waals surface area contributed by atoms with Crippen LogP contribution in [-0.4, -0.2) is 48.7 Å². The number of nitro groups is 1. The summed E-state index contributed by atoms with van der Waals surface area (Å²) in [5.41, 5.74) is -0.0364. The lowest BCUT2D eigenvalue weighted by Gasteiger charge is -2.12. The molecule has 0 radical (unpaired) electrons. The molecule has 0 saturated carbocycles. The minimum atomic E-state index is -0.882. The molecule has 2 aromatic heterocycles. The number of nitrogens with one attached hydrogen (secondary N) is 1. The maximum absolute atomic E-state index is 12.5. The summed E-state index contributed by atoms with van der Waals surface area (Å²) >= 11 is 1.35. The number of carbonyl (C=O) groups is 3. The molecular weight excluding hydrogens is 376 g/mol. The van der Waals surface area contributed by atoms with Gasteiger partial charge in [0.25, 0.3) is 17.5 Å². The number of thiazole rings is 1. The topological polar surface area (TPSA) is 140 Å². The second-order valence-corrected chi connectivity index (χ2v) is 6.54. The van der Waals surface area contributed by atoms with E-state index in [1.807, 2.05) is 12.3 Å². The molecule has 0 bridgehead atoms. The first-order valence-corrected chi connectivity index (χ1v) is 8.49. The number of nitro benzene ring substituents is 1. The number of fused-ring (bicyclic) bond motifs is 2. The molecule has 1 aliphatic rings. The van der Waals surface area contributed by atoms with Crippen molar-refractivity contribution in [1.82, 2.24) is 19.5 Å². The maximum Gasteiger partial charge on any atom is 0.282 e. The molecule has 27 heavy (non-hydrogen) atoms. The number of aromatic nitrogens is 3. The van der Waals surface area contributed by atoms with Crippen molar-refractivity contribution in [3.63, 3.8) is 0 Å². The van der Waals surface area contributed by atoms with Crippen molar-refractivity contribution in [1.29, 1.82) is 0 Å². The number of amides is 3. The molecule has 0 saturated heterocycles. The SMILES string of the molecule is Cc1csc2nc(NC(=O)CN3C(=O)c4cccc([N+](=O)[O-])c4C3=O)nn12. The van der Waals surface area contributed by atoms with Crippen LogP contribution in [0.25, 0.3) is 4.96 Å². The maximum atomic E-state index is 12.5. The van der Waals surface area contributed by atoms with Crippen LogP contribution >= 0.6 is 11.3 Å². The lowest BCUT2D eigenvalue weighted by Crippen LogP contribution is -2.37. The third-order valence-electron chi connectivity index (χ3n) is 3.97. The molecule has 136 valence electrons. The van der Waals surface area contributed by atoms with Gasteiger partial charge in [0.05, 0.1) is 16.2 Å². The Kier molecular flexibility index (Phi) is 3.70. The van der Waals surface area contributed by atoms with Gasteiger partial charge in [-0.1, -0.05) is 6.07 Å². The zero-order valence-corrected chi connectivity index (χ0v) is 14.5. The van der Waals surface area contributed by atoms with Gasteiger partial charge in [0.2, 0.25) is 16.8 Å². The van der Waals surface area contributed by atoms with E-state index in [4.69, 9.17) is 0 Å². The van der Waals surface area contributed by atoms with Crippen LogP contribution in [-0.2, 0) is 4.79 Å². The molecule has 0 unspecified atom stereocenters. The third-order valence-corrected chi connectivity index (χ3v) is 4.91. The Hall–Kier alpha value is -3.67. The Morgan fingerprint density at radius 3 is 2.81 bits per heavy atom. The van der Waals surface area contributed by atoms with E-state index in [0.29, 0.717) is 9.86 Å². The van der Waals surface area contributed by atoms with Crippen molar-refractivity contribution in [3.05, 3.63) is 50.5 Å². The summed E-state index contributed by atoms with van der Waals surface area (Å²) in [6.07, 6.45) is 0. The molecule has 1 aliphatic heterocycles. The van der Waals surface area contributed by atoms with Gasteiger partial charge in [-0.05, 0) is 13.0 Å². The van der Waals surface area contributed by atoms with E-state index in [-0.39, 0.29) is 17.1 Å². The average Bonchev–Trinajstić information content (AvgIpc) is 3.25. The Bertz CT molecular complexity index is 1150. The Morgan fingerprint density at radius 1 is 1.33 bits per heavy atom. The van der Waals surface area contributed by atoms with Gasteiger partial charge >= 0.3 is 0 Å². The number of hydrogen-bond acceptors (Lipinski definition) is 8. The van der Waals surface area contributed by atoms with Crippen molar-refractivity contribution in [2.45, 2.75) is 6.92 Å². The van der Waals surface area contributed by atoms with E-state index in [1.54, 1.807) is 4.52 Å². The second-order valence-electron chi connectivity index (χ2n) is 5.71. The van der Waals surface area contributed by atoms with Gasteiger partial charge in [-0.25, -0.2) is 4.52 Å². The number of carbonyl (C=O) groups excluding carboxylic acids is 3. The van der Waals surface area contributed by atoms with E-state index in [1.165, 1.54) is 23.5 Å². The van der Waals surface area contributed by atoms with Crippen LogP contribution in [0.4, 0.5) is 11.6 Å². The van der Waals surface area contributed by atoms with E-state index in [2.05, 4.69) is 15.4 Å². The fourth-order valence-corrected chi connectivity index (χ4v) is 3.56. The number of anilines is 1. The molecule has 11 nitrogen and oxygen atoms in total. The first-order chi connectivity index (χ1) is 12.9. The summed E-state index contributed by atoms with van der Waals surface area (Å²) in [4.78, 5) is 52.8. The second kappa shape index (κ2) is 5.95. The molecular formula is C15H10N6O5S. The van der Waals surface area contributed by atoms with Crippen LogP contribution in [0.1, 0.15) is 26.4 Å². The van der Waals surface area contributed by atoms with Crippen LogP contribution in [0.5, 0.6) is 0 Å². The van der Waals surface area contributed by atoms with Crippen molar-refractivity contribution < 1.29 is 19.3 Å². The Morgan fingerprint density at radius 2 is 2.11 bits per heavy atom. The zero-order chi connectivity index (χ0) is 19.3. The lowest BCUT2D eigenvalue weighted by molar-refractivity contribution is -0.385. The highest BCUT2D eigenvalue weighted by molar-refractivity contribution is 7.15. The van der Waals surface area contributed by atoms with Crippen LogP contribution in [0.3, 0.4) is 0 Å². The molecule has 3 heterocycles. The molecule has 0 spiro atoms. The average molecular weight is 386 g/mol. The first kappa shape index (κ1) is 16.8. The fraction of sp³-hybridized carbons (Fsp3) is 0.133. The summed E-state index contributed by atoms with van der Waals surface area (Å²) in [6, 6.07) is 3.77. The summed E-state index contributed by atoms with van der Waals surface area (Å²) in [5.74, 6) is -2.30. The minimum Gasteiger partial charge on any atom is -0.292 e. The quantitative estimate of drug-likeness (QED) is 0.404. The molecule has 3 amide bonds. The standard InChI is InChI=1S/C15H10N6O5S/c1-7-6-27-15-17-14(18-20(7)15)16-10(22)5-19-12(23)8-3-2-4-9(21(25)26)11(8)13(19)24/h2-4,6H,5H2,1H3,(H,16,18,22). The molecule has 0 aliphatic carbocycles. The normalized spacial score (nSPS) is 13.3. The molecule has 3 aromatic rings. The van der Waals surface area contributed by atoms with Crippen molar-refractivity contribution in [2.75, 3.05) is 11.9 Å². The van der Waals surface area contributed by atoms with Crippen LogP contribution in [0.15, 0.2) is 23.6 Å². The van der Waals surface area contributed by atoms with Crippen LogP contribution in [0, 0.1) is 17.0 Å². The van der Waals surface area contributed by atoms with Gasteiger partial charge in [0.15, 0.2) is 0 Å². The highest BCUT2D eigenvalue weighted by Gasteiger charge is 2.41. The Labute approximate surface area is 154 Å². The van der Waals surface area contributed by atoms with Gasteiger partial charge in [-0.3, -0.25) is 34.7 Å². The van der Waals surface area contributed by atoms with E-state index < -0.39 is 34.9 Å². The van der Waals surface area contributed by atoms with Crippen LogP contribution in [0.2, 0.25) is 0 Å². The molecule has 4 rings (SSSR count). The summed E-state index contributed by atoms with van der Waals surface area (Å²) in [7, 11) is 0. The highest BCUT2D eigenvalue weighted by Crippen LogP contribution is 2.30. The predicted octanol–water partition coefficient (Wildman–Crippen LogP) is 1.24. The smallest absolute Gasteiger partial charge is 0.282 e. The zero-order valence-electron chi connectivity index (χ0n) is 13.7. The summed E-state index contributed by atoms with van der Waals surface area (Å²) in [5, 5.41) is 19.5. The van der Waals surface area contributed by atoms with Crippen molar-refractivity contribution >= 4 is 45.7 Å². The van der Waals surface area contributed by atoms with Crippen molar-refractivity contribution in [3.8, 4) is 0 Å². The molecule has 0 atom stereocenters. The predicted molar refractivity (Wildman–Crippen MR) is 92.7 cm³/mol. The van der Waals surface area contributed by atoms with Gasteiger partial charge in [-0.15, -0.1) is 16.4 Å². The number of benzene rings is 1. The summed E-state index contributed by atoms with van der Waals surface area (Å²) in [6.45, 7) is 1.23. The van der Waals surface area contributed by atoms with Gasteiger partial charge in [-0.2, -0.15) is 4.98 Å². The summed E-state index contributed by atoms with van der Waals surface area (Å²) < 4.78 is 1.55. The van der Waals surface area contributed by atoms with Gasteiger partial charge in [0, 0.05) is 11.4 Å². The van der Waals surface area contributed by atoms with Gasteiger partial charge < -0.3 is 0 Å². The van der Waals surface area contributed by atoms with E-state index >= 15 is 0 Å².